The van der Waals surface area contributed by atoms with Crippen molar-refractivity contribution in [1.82, 2.24) is 0 Å². The second-order valence-corrected chi connectivity index (χ2v) is 8.97. The molecule has 2 aliphatic carbocycles. The molecule has 2 N–H and O–H groups in total. The molecule has 1 aromatic rings. The van der Waals surface area contributed by atoms with E-state index in [0.717, 1.165) is 11.1 Å². The first-order valence-corrected chi connectivity index (χ1v) is 11.7. The fraction of sp³-hybridized carbons (Fsp3) is 0.619. The van der Waals surface area contributed by atoms with Crippen molar-refractivity contribution in [3.63, 3.8) is 0 Å². The van der Waals surface area contributed by atoms with E-state index in [4.69, 9.17) is 23.0 Å². The number of alkyl halides is 3. The molecular weight excluding hydrogens is 628 g/mol. The van der Waals surface area contributed by atoms with Gasteiger partial charge in [-0.05, 0) is 38.1 Å². The summed E-state index contributed by atoms with van der Waals surface area (Å²) < 4.78 is 58.9. The van der Waals surface area contributed by atoms with E-state index in [2.05, 4.69) is 24.3 Å². The molecule has 2 saturated carbocycles. The summed E-state index contributed by atoms with van der Waals surface area (Å²) in [5.74, 6) is 0. The van der Waals surface area contributed by atoms with Crippen molar-refractivity contribution in [2.45, 2.75) is 81.8 Å². The minimum Gasteiger partial charge on any atom is -0.741 e. The monoisotopic (exact) mass is 657 g/mol. The molecule has 0 spiro atoms. The maximum Gasteiger partial charge on any atom is 2.00 e. The van der Waals surface area contributed by atoms with Gasteiger partial charge in [-0.25, -0.2) is 8.42 Å². The largest absolute Gasteiger partial charge is 2.00 e. The summed E-state index contributed by atoms with van der Waals surface area (Å²) >= 11 is 0. The third-order valence-electron chi connectivity index (χ3n) is 5.12. The average Bonchev–Trinajstić information content (AvgIpc) is 2.72. The van der Waals surface area contributed by atoms with Crippen molar-refractivity contribution in [2.24, 2.45) is 9.98 Å². The van der Waals surface area contributed by atoms with Crippen molar-refractivity contribution in [2.75, 3.05) is 0 Å². The van der Waals surface area contributed by atoms with Gasteiger partial charge >= 0.3 is 26.6 Å². The first-order valence-electron chi connectivity index (χ1n) is 10.3. The summed E-state index contributed by atoms with van der Waals surface area (Å²) in [5, 5.41) is 0. The van der Waals surface area contributed by atoms with E-state index in [-0.39, 0.29) is 26.5 Å². The van der Waals surface area contributed by atoms with E-state index in [0.29, 0.717) is 12.1 Å². The molecule has 0 radical (unpaired) electrons. The Morgan fingerprint density at radius 1 is 0.875 bits per heavy atom. The van der Waals surface area contributed by atoms with Crippen LogP contribution >= 0.6 is 0 Å². The SMILES string of the molecule is O.O=S(=O)([O-])C(F)(F)F.[Pt+2].[c-]1c(C=NC2CCCCC2)cccc1C=NC1CCCCC1. The minimum absolute atomic E-state index is 0. The molecule has 0 heterocycles. The summed E-state index contributed by atoms with van der Waals surface area (Å²) in [6.07, 6.45) is 17.1. The van der Waals surface area contributed by atoms with Crippen LogP contribution in [0.2, 0.25) is 0 Å². The Bertz CT molecular complexity index is 777. The molecule has 0 saturated heterocycles. The van der Waals surface area contributed by atoms with Gasteiger partial charge in [-0.1, -0.05) is 38.5 Å². The topological polar surface area (TPSA) is 113 Å². The van der Waals surface area contributed by atoms with Crippen molar-refractivity contribution >= 4 is 22.5 Å². The maximum absolute atomic E-state index is 10.7. The predicted octanol–water partition coefficient (Wildman–Crippen LogP) is 4.21. The second-order valence-electron chi connectivity index (χ2n) is 7.60. The molecule has 0 aromatic heterocycles. The Kier molecular flexibility index (Phi) is 14.4. The fourth-order valence-corrected chi connectivity index (χ4v) is 3.49. The van der Waals surface area contributed by atoms with E-state index in [1.54, 1.807) is 0 Å². The van der Waals surface area contributed by atoms with Gasteiger partial charge in [0.2, 0.25) is 0 Å². The number of halogens is 3. The zero-order valence-electron chi connectivity index (χ0n) is 17.6. The molecule has 0 bridgehead atoms. The molecule has 6 nitrogen and oxygen atoms in total. The van der Waals surface area contributed by atoms with Gasteiger partial charge in [-0.2, -0.15) is 13.2 Å². The second kappa shape index (κ2) is 14.9. The molecule has 0 amide bonds. The summed E-state index contributed by atoms with van der Waals surface area (Å²) in [7, 11) is -6.09. The van der Waals surface area contributed by atoms with Crippen LogP contribution < -0.4 is 0 Å². The van der Waals surface area contributed by atoms with Gasteiger partial charge in [0.1, 0.15) is 0 Å². The molecule has 184 valence electrons. The Labute approximate surface area is 202 Å². The van der Waals surface area contributed by atoms with Gasteiger partial charge in [0.05, 0.1) is 0 Å². The molecule has 32 heavy (non-hydrogen) atoms. The Balaban J connectivity index is 0.000000834. The number of rotatable bonds is 4. The smallest absolute Gasteiger partial charge is 0.741 e. The fourth-order valence-electron chi connectivity index (χ4n) is 3.49. The van der Waals surface area contributed by atoms with Gasteiger partial charge in [-0.15, -0.1) is 35.4 Å². The number of nitrogens with zero attached hydrogens (tertiary/aromatic N) is 2. The van der Waals surface area contributed by atoms with Gasteiger partial charge in [0.15, 0.2) is 10.1 Å². The standard InChI is InChI=1S/C20H27N2.CHF3O3S.H2O.Pt/c1-3-10-19(11-4-1)21-15-17-8-7-9-18(14-17)16-22-20-12-5-2-6-13-20;2-1(3,4)8(5,6)7;;/h7-9,15-16,19-20H,1-6,10-13H2;(H,5,6,7);1H2;/q-1;;;+2/p-1. The van der Waals surface area contributed by atoms with Crippen LogP contribution in [-0.4, -0.2) is 48.5 Å². The Morgan fingerprint density at radius 3 is 1.53 bits per heavy atom. The van der Waals surface area contributed by atoms with Crippen molar-refractivity contribution in [3.05, 3.63) is 35.4 Å². The molecule has 0 aliphatic heterocycles. The van der Waals surface area contributed by atoms with E-state index >= 15 is 0 Å². The van der Waals surface area contributed by atoms with Gasteiger partial charge in [0.25, 0.3) is 0 Å². The first kappa shape index (κ1) is 30.9. The first-order chi connectivity index (χ1) is 14.1. The minimum atomic E-state index is -6.09. The van der Waals surface area contributed by atoms with Crippen molar-refractivity contribution in [1.29, 1.82) is 0 Å². The summed E-state index contributed by atoms with van der Waals surface area (Å²) in [5.41, 5.74) is -3.48. The van der Waals surface area contributed by atoms with Crippen LogP contribution in [0.15, 0.2) is 28.2 Å². The van der Waals surface area contributed by atoms with Gasteiger partial charge in [0, 0.05) is 12.1 Å². The Morgan fingerprint density at radius 2 is 1.22 bits per heavy atom. The number of benzene rings is 1. The van der Waals surface area contributed by atoms with E-state index in [1.165, 1.54) is 64.2 Å². The molecule has 0 atom stereocenters. The van der Waals surface area contributed by atoms with Crippen LogP contribution in [-0.2, 0) is 31.2 Å². The van der Waals surface area contributed by atoms with Gasteiger partial charge < -0.3 is 20.0 Å². The van der Waals surface area contributed by atoms with Crippen LogP contribution in [0.5, 0.6) is 0 Å². The molecule has 2 fully saturated rings. The van der Waals surface area contributed by atoms with Crippen molar-refractivity contribution in [3.8, 4) is 0 Å². The average molecular weight is 658 g/mol. The third kappa shape index (κ3) is 11.7. The zero-order chi connectivity index (χ0) is 22.0. The maximum atomic E-state index is 10.7. The van der Waals surface area contributed by atoms with Crippen LogP contribution in [0, 0.1) is 6.07 Å². The number of hydrogen-bond donors (Lipinski definition) is 0. The molecule has 0 unspecified atom stereocenters. The Hall–Kier alpha value is -1.09. The number of aliphatic imine (C=N–C) groups is 2. The molecule has 11 heteroatoms. The molecule has 3 rings (SSSR count). The summed E-state index contributed by atoms with van der Waals surface area (Å²) in [4.78, 5) is 9.49. The van der Waals surface area contributed by atoms with E-state index < -0.39 is 15.6 Å². The summed E-state index contributed by atoms with van der Waals surface area (Å²) in [6, 6.07) is 10.7. The van der Waals surface area contributed by atoms with Gasteiger partial charge in [-0.3, -0.25) is 0 Å². The molecule has 1 aromatic carbocycles. The number of hydrogen-bond acceptors (Lipinski definition) is 5. The van der Waals surface area contributed by atoms with Crippen LogP contribution in [0.4, 0.5) is 13.2 Å². The zero-order valence-corrected chi connectivity index (χ0v) is 20.7. The predicted molar refractivity (Wildman–Crippen MR) is 114 cm³/mol. The van der Waals surface area contributed by atoms with E-state index in [9.17, 15) is 13.2 Å². The summed E-state index contributed by atoms with van der Waals surface area (Å²) in [6.45, 7) is 0. The van der Waals surface area contributed by atoms with Crippen molar-refractivity contribution < 1.29 is 52.7 Å². The molecule has 2 aliphatic rings. The van der Waals surface area contributed by atoms with Crippen LogP contribution in [0.1, 0.15) is 75.3 Å². The third-order valence-corrected chi connectivity index (χ3v) is 5.69. The van der Waals surface area contributed by atoms with Crippen LogP contribution in [0.25, 0.3) is 0 Å². The normalized spacial score (nSPS) is 18.5. The molecular formula is C21H29F3N2O4PtS. The van der Waals surface area contributed by atoms with E-state index in [1.807, 2.05) is 12.4 Å². The quantitative estimate of drug-likeness (QED) is 0.209. The van der Waals surface area contributed by atoms with Crippen LogP contribution in [0.3, 0.4) is 0 Å².